The molecule has 0 fully saturated rings. The average Bonchev–Trinajstić information content (AvgIpc) is 3.20. The first-order valence-electron chi connectivity index (χ1n) is 7.95. The van der Waals surface area contributed by atoms with Crippen molar-refractivity contribution >= 4 is 45.7 Å². The Morgan fingerprint density at radius 2 is 2.12 bits per heavy atom. The smallest absolute Gasteiger partial charge is 0.312 e. The molecule has 3 rings (SSSR count). The van der Waals surface area contributed by atoms with Gasteiger partial charge >= 0.3 is 6.03 Å². The number of thioether (sulfide) groups is 1. The number of benzene rings is 1. The number of nitrogens with two attached hydrogens (primary N) is 1. The molecule has 3 amide bonds. The molecular formula is C17H19N5O2S2. The van der Waals surface area contributed by atoms with Gasteiger partial charge in [0.2, 0.25) is 5.91 Å². The molecule has 3 aromatic rings. The zero-order valence-corrected chi connectivity index (χ0v) is 15.8. The first-order chi connectivity index (χ1) is 12.6. The monoisotopic (exact) mass is 389 g/mol. The summed E-state index contributed by atoms with van der Waals surface area (Å²) in [5, 5.41) is 7.28. The maximum absolute atomic E-state index is 12.4. The third kappa shape index (κ3) is 4.36. The van der Waals surface area contributed by atoms with Crippen LogP contribution in [0.5, 0.6) is 0 Å². The lowest BCUT2D eigenvalue weighted by Gasteiger charge is -2.17. The van der Waals surface area contributed by atoms with E-state index in [-0.39, 0.29) is 5.91 Å². The van der Waals surface area contributed by atoms with E-state index in [2.05, 4.69) is 15.6 Å². The molecule has 0 aliphatic heterocycles. The summed E-state index contributed by atoms with van der Waals surface area (Å²) in [4.78, 5) is 29.0. The van der Waals surface area contributed by atoms with Gasteiger partial charge in [-0.15, -0.1) is 11.3 Å². The highest BCUT2D eigenvalue weighted by molar-refractivity contribution is 7.98. The van der Waals surface area contributed by atoms with Crippen molar-refractivity contribution in [3.05, 3.63) is 42.0 Å². The van der Waals surface area contributed by atoms with E-state index in [9.17, 15) is 9.59 Å². The van der Waals surface area contributed by atoms with Crippen LogP contribution in [0.15, 0.2) is 42.0 Å². The van der Waals surface area contributed by atoms with Crippen LogP contribution in [0.4, 0.5) is 10.5 Å². The Morgan fingerprint density at radius 1 is 1.35 bits per heavy atom. The zero-order valence-electron chi connectivity index (χ0n) is 14.1. The Morgan fingerprint density at radius 3 is 2.77 bits per heavy atom. The number of anilines is 1. The van der Waals surface area contributed by atoms with E-state index in [1.807, 2.05) is 52.7 Å². The molecule has 0 aliphatic carbocycles. The average molecular weight is 390 g/mol. The highest BCUT2D eigenvalue weighted by Crippen LogP contribution is 2.23. The van der Waals surface area contributed by atoms with E-state index >= 15 is 0 Å². The highest BCUT2D eigenvalue weighted by Gasteiger charge is 2.19. The lowest BCUT2D eigenvalue weighted by Crippen LogP contribution is -2.46. The number of carbonyl (C=O) groups is 2. The van der Waals surface area contributed by atoms with Crippen molar-refractivity contribution in [2.75, 3.05) is 17.3 Å². The summed E-state index contributed by atoms with van der Waals surface area (Å²) in [6.07, 6.45) is 6.39. The molecule has 136 valence electrons. The van der Waals surface area contributed by atoms with Gasteiger partial charge in [0.05, 0.1) is 5.69 Å². The fourth-order valence-electron chi connectivity index (χ4n) is 2.50. The minimum Gasteiger partial charge on any atom is -0.352 e. The fourth-order valence-corrected chi connectivity index (χ4v) is 3.67. The molecular weight excluding hydrogens is 370 g/mol. The van der Waals surface area contributed by atoms with Gasteiger partial charge in [-0.2, -0.15) is 11.8 Å². The summed E-state index contributed by atoms with van der Waals surface area (Å²) < 4.78 is 1.97. The van der Waals surface area contributed by atoms with Crippen LogP contribution in [0.1, 0.15) is 6.42 Å². The minimum absolute atomic E-state index is 0.284. The maximum Gasteiger partial charge on any atom is 0.312 e. The second kappa shape index (κ2) is 8.24. The number of hydrogen-bond donors (Lipinski definition) is 3. The number of primary amides is 1. The van der Waals surface area contributed by atoms with Gasteiger partial charge < -0.3 is 16.4 Å². The largest absolute Gasteiger partial charge is 0.352 e. The number of thiazole rings is 1. The summed E-state index contributed by atoms with van der Waals surface area (Å²) in [5.41, 5.74) is 7.66. The Balaban J connectivity index is 1.68. The molecule has 0 radical (unpaired) electrons. The van der Waals surface area contributed by atoms with Crippen molar-refractivity contribution in [3.63, 3.8) is 0 Å². The van der Waals surface area contributed by atoms with E-state index in [0.717, 1.165) is 22.0 Å². The van der Waals surface area contributed by atoms with Crippen LogP contribution >= 0.6 is 23.1 Å². The number of nitrogens with one attached hydrogen (secondary N) is 2. The molecule has 7 nitrogen and oxygen atoms in total. The topological polar surface area (TPSA) is 102 Å². The molecule has 0 aliphatic rings. The molecule has 2 heterocycles. The number of urea groups is 1. The molecule has 1 unspecified atom stereocenters. The van der Waals surface area contributed by atoms with E-state index < -0.39 is 12.1 Å². The van der Waals surface area contributed by atoms with Crippen LogP contribution < -0.4 is 16.4 Å². The van der Waals surface area contributed by atoms with Crippen molar-refractivity contribution in [2.24, 2.45) is 5.73 Å². The third-order valence-corrected chi connectivity index (χ3v) is 5.20. The molecule has 1 aromatic carbocycles. The number of fused-ring (bicyclic) bond motifs is 1. The zero-order chi connectivity index (χ0) is 18.5. The normalized spacial score (nSPS) is 12.0. The van der Waals surface area contributed by atoms with E-state index in [1.54, 1.807) is 23.1 Å². The Hall–Kier alpha value is -2.52. The second-order valence-corrected chi connectivity index (χ2v) is 7.49. The van der Waals surface area contributed by atoms with E-state index in [0.29, 0.717) is 12.1 Å². The number of imidazole rings is 1. The first kappa shape index (κ1) is 18.3. The molecule has 0 saturated heterocycles. The maximum atomic E-state index is 12.4. The van der Waals surface area contributed by atoms with Gasteiger partial charge in [-0.05, 0) is 30.6 Å². The Bertz CT molecular complexity index is 875. The van der Waals surface area contributed by atoms with E-state index in [1.165, 1.54) is 0 Å². The fraction of sp³-hybridized carbons (Fsp3) is 0.235. The molecule has 0 bridgehead atoms. The van der Waals surface area contributed by atoms with Gasteiger partial charge in [0.1, 0.15) is 6.04 Å². The van der Waals surface area contributed by atoms with Crippen LogP contribution in [0.3, 0.4) is 0 Å². The van der Waals surface area contributed by atoms with Gasteiger partial charge in [0, 0.05) is 29.0 Å². The van der Waals surface area contributed by atoms with Gasteiger partial charge in [-0.1, -0.05) is 12.1 Å². The lowest BCUT2D eigenvalue weighted by atomic mass is 10.1. The Labute approximate surface area is 159 Å². The predicted octanol–water partition coefficient (Wildman–Crippen LogP) is 2.79. The molecule has 0 spiro atoms. The number of carbonyl (C=O) groups excluding carboxylic acids is 2. The summed E-state index contributed by atoms with van der Waals surface area (Å²) in [6, 6.07) is 6.08. The summed E-state index contributed by atoms with van der Waals surface area (Å²) >= 11 is 3.18. The summed E-state index contributed by atoms with van der Waals surface area (Å²) in [7, 11) is 0. The first-order valence-corrected chi connectivity index (χ1v) is 10.2. The number of rotatable bonds is 7. The van der Waals surface area contributed by atoms with Crippen molar-refractivity contribution < 1.29 is 9.59 Å². The number of nitrogens with zero attached hydrogens (tertiary/aromatic N) is 2. The highest BCUT2D eigenvalue weighted by atomic mass is 32.2. The summed E-state index contributed by atoms with van der Waals surface area (Å²) in [5.74, 6) is 0.461. The van der Waals surface area contributed by atoms with Gasteiger partial charge in [0.15, 0.2) is 4.96 Å². The van der Waals surface area contributed by atoms with Crippen molar-refractivity contribution in [3.8, 4) is 11.3 Å². The van der Waals surface area contributed by atoms with Crippen molar-refractivity contribution in [1.29, 1.82) is 0 Å². The number of amides is 3. The number of aromatic nitrogens is 2. The Kier molecular flexibility index (Phi) is 5.79. The standard InChI is InChI=1S/C17H19N5O2S2/c1-25-8-6-13(20-16(18)24)15(23)19-12-4-2-11(3-5-12)14-10-22-7-9-26-17(22)21-14/h2-5,7,9-10,13H,6,8H2,1H3,(H,19,23)(H3,18,20,24). The minimum atomic E-state index is -0.707. The molecule has 2 aromatic heterocycles. The molecule has 26 heavy (non-hydrogen) atoms. The molecule has 1 atom stereocenters. The molecule has 0 saturated carbocycles. The molecule has 4 N–H and O–H groups in total. The van der Waals surface area contributed by atoms with Gasteiger partial charge in [-0.3, -0.25) is 9.20 Å². The third-order valence-electron chi connectivity index (χ3n) is 3.79. The predicted molar refractivity (Wildman–Crippen MR) is 107 cm³/mol. The van der Waals surface area contributed by atoms with Gasteiger partial charge in [0.25, 0.3) is 0 Å². The van der Waals surface area contributed by atoms with Crippen LogP contribution in [-0.2, 0) is 4.79 Å². The van der Waals surface area contributed by atoms with Crippen LogP contribution in [0.25, 0.3) is 16.2 Å². The van der Waals surface area contributed by atoms with E-state index in [4.69, 9.17) is 5.73 Å². The van der Waals surface area contributed by atoms with Crippen molar-refractivity contribution in [1.82, 2.24) is 14.7 Å². The quantitative estimate of drug-likeness (QED) is 0.578. The summed E-state index contributed by atoms with van der Waals surface area (Å²) in [6.45, 7) is 0. The SMILES string of the molecule is CSCCC(NC(N)=O)C(=O)Nc1ccc(-c2cn3ccsc3n2)cc1. The number of hydrogen-bond acceptors (Lipinski definition) is 5. The van der Waals surface area contributed by atoms with Crippen LogP contribution in [0, 0.1) is 0 Å². The van der Waals surface area contributed by atoms with Crippen LogP contribution in [-0.4, -0.2) is 39.4 Å². The van der Waals surface area contributed by atoms with Crippen LogP contribution in [0.2, 0.25) is 0 Å². The van der Waals surface area contributed by atoms with Gasteiger partial charge in [-0.25, -0.2) is 9.78 Å². The molecule has 9 heteroatoms. The van der Waals surface area contributed by atoms with Crippen molar-refractivity contribution in [2.45, 2.75) is 12.5 Å². The second-order valence-electron chi connectivity index (χ2n) is 5.63. The lowest BCUT2D eigenvalue weighted by molar-refractivity contribution is -0.117.